The molecule has 0 aliphatic heterocycles. The molecule has 3 atom stereocenters. The number of aryl methyl sites for hydroxylation is 2. The Bertz CT molecular complexity index is 1030. The zero-order chi connectivity index (χ0) is 26.3. The number of hydrogen-bond donors (Lipinski definition) is 2. The molecule has 206 valence electrons. The van der Waals surface area contributed by atoms with Crippen LogP contribution in [-0.4, -0.2) is 51.6 Å². The average molecular weight is 538 g/mol. The van der Waals surface area contributed by atoms with Gasteiger partial charge in [-0.15, -0.1) is 12.4 Å². The summed E-state index contributed by atoms with van der Waals surface area (Å²) in [5.41, 5.74) is 2.26. The lowest BCUT2D eigenvalue weighted by Crippen LogP contribution is -2.56. The fourth-order valence-electron chi connectivity index (χ4n) is 6.16. The molecule has 0 saturated carbocycles. The van der Waals surface area contributed by atoms with Gasteiger partial charge in [0.15, 0.2) is 17.6 Å². The van der Waals surface area contributed by atoms with Crippen LogP contribution in [0.2, 0.25) is 0 Å². The van der Waals surface area contributed by atoms with Gasteiger partial charge in [-0.05, 0) is 98.0 Å². The van der Waals surface area contributed by atoms with E-state index in [0.717, 1.165) is 67.8 Å². The number of ether oxygens (including phenoxy) is 3. The van der Waals surface area contributed by atoms with Gasteiger partial charge in [0.1, 0.15) is 5.82 Å². The number of rotatable bonds is 13. The SMILES string of the molecule is COc1ccc(CCCNCCC2CCc3cc(F)ccc3C2(C(C)C)C(OC)C(=O)O)cc1OC.Cl. The van der Waals surface area contributed by atoms with E-state index >= 15 is 0 Å². The van der Waals surface area contributed by atoms with Crippen molar-refractivity contribution in [2.45, 2.75) is 57.5 Å². The molecule has 2 aromatic rings. The fraction of sp³-hybridized carbons (Fsp3) is 0.552. The van der Waals surface area contributed by atoms with E-state index in [2.05, 4.69) is 25.2 Å². The number of carbonyl (C=O) groups is 1. The summed E-state index contributed by atoms with van der Waals surface area (Å²) in [6, 6.07) is 10.8. The normalized spacial score (nSPS) is 19.6. The van der Waals surface area contributed by atoms with Gasteiger partial charge in [-0.3, -0.25) is 0 Å². The smallest absolute Gasteiger partial charge is 0.333 e. The largest absolute Gasteiger partial charge is 0.493 e. The van der Waals surface area contributed by atoms with Crippen LogP contribution in [0.4, 0.5) is 4.39 Å². The molecule has 8 heteroatoms. The van der Waals surface area contributed by atoms with Crippen LogP contribution in [0.5, 0.6) is 11.5 Å². The zero-order valence-corrected chi connectivity index (χ0v) is 23.3. The van der Waals surface area contributed by atoms with Crippen LogP contribution >= 0.6 is 12.4 Å². The van der Waals surface area contributed by atoms with Crippen molar-refractivity contribution in [1.82, 2.24) is 5.32 Å². The molecule has 1 aliphatic carbocycles. The van der Waals surface area contributed by atoms with E-state index in [0.29, 0.717) is 0 Å². The minimum Gasteiger partial charge on any atom is -0.493 e. The molecule has 0 amide bonds. The number of halogens is 2. The van der Waals surface area contributed by atoms with Gasteiger partial charge in [0.2, 0.25) is 0 Å². The summed E-state index contributed by atoms with van der Waals surface area (Å²) in [6.07, 6.45) is 3.23. The summed E-state index contributed by atoms with van der Waals surface area (Å²) in [5.74, 6) is 0.284. The monoisotopic (exact) mass is 537 g/mol. The average Bonchev–Trinajstić information content (AvgIpc) is 2.86. The first-order chi connectivity index (χ1) is 17.3. The fourth-order valence-corrected chi connectivity index (χ4v) is 6.16. The molecule has 37 heavy (non-hydrogen) atoms. The Labute approximate surface area is 226 Å². The van der Waals surface area contributed by atoms with E-state index in [-0.39, 0.29) is 30.1 Å². The number of aliphatic carboxylic acids is 1. The first kappa shape index (κ1) is 30.9. The number of carboxylic acids is 1. The van der Waals surface area contributed by atoms with Crippen LogP contribution < -0.4 is 14.8 Å². The summed E-state index contributed by atoms with van der Waals surface area (Å²) in [5, 5.41) is 13.7. The first-order valence-corrected chi connectivity index (χ1v) is 12.8. The Hall–Kier alpha value is -2.35. The van der Waals surface area contributed by atoms with Gasteiger partial charge in [-0.25, -0.2) is 9.18 Å². The van der Waals surface area contributed by atoms with Crippen molar-refractivity contribution in [3.8, 4) is 11.5 Å². The van der Waals surface area contributed by atoms with Crippen LogP contribution in [0, 0.1) is 17.7 Å². The van der Waals surface area contributed by atoms with Gasteiger partial charge >= 0.3 is 5.97 Å². The molecule has 2 N–H and O–H groups in total. The van der Waals surface area contributed by atoms with E-state index in [1.165, 1.54) is 18.7 Å². The van der Waals surface area contributed by atoms with Crippen molar-refractivity contribution in [3.05, 3.63) is 58.9 Å². The van der Waals surface area contributed by atoms with Gasteiger partial charge in [-0.1, -0.05) is 26.0 Å². The lowest BCUT2D eigenvalue weighted by atomic mass is 9.54. The maximum atomic E-state index is 14.0. The topological polar surface area (TPSA) is 77.0 Å². The number of benzene rings is 2. The Balaban J connectivity index is 0.00000481. The standard InChI is InChI=1S/C29H40FNO5.ClH/c1-19(2)29(27(36-5)28(32)33)22(10-9-21-18-23(30)11-12-24(21)29)14-16-31-15-6-7-20-8-13-25(34-3)26(17-20)35-4;/h8,11-13,17-19,22,27,31H,6-7,9-10,14-16H2,1-5H3,(H,32,33);1H. The second-order valence-corrected chi connectivity index (χ2v) is 9.91. The Morgan fingerprint density at radius 1 is 1.11 bits per heavy atom. The minimum absolute atomic E-state index is 0. The quantitative estimate of drug-likeness (QED) is 0.332. The van der Waals surface area contributed by atoms with Crippen LogP contribution in [-0.2, 0) is 27.8 Å². The third-order valence-corrected chi connectivity index (χ3v) is 7.76. The maximum Gasteiger partial charge on any atom is 0.333 e. The molecule has 0 spiro atoms. The zero-order valence-electron chi connectivity index (χ0n) is 22.5. The highest BCUT2D eigenvalue weighted by molar-refractivity contribution is 5.85. The van der Waals surface area contributed by atoms with Crippen molar-refractivity contribution in [2.24, 2.45) is 11.8 Å². The van der Waals surface area contributed by atoms with Crippen molar-refractivity contribution in [3.63, 3.8) is 0 Å². The summed E-state index contributed by atoms with van der Waals surface area (Å²) in [7, 11) is 4.73. The predicted octanol–water partition coefficient (Wildman–Crippen LogP) is 5.43. The van der Waals surface area contributed by atoms with Gasteiger partial charge in [0.25, 0.3) is 0 Å². The van der Waals surface area contributed by atoms with Crippen molar-refractivity contribution in [1.29, 1.82) is 0 Å². The molecule has 0 fully saturated rings. The molecule has 0 saturated heterocycles. The minimum atomic E-state index is -1.00. The molecule has 3 rings (SSSR count). The third-order valence-electron chi connectivity index (χ3n) is 7.76. The second kappa shape index (κ2) is 14.0. The number of fused-ring (bicyclic) bond motifs is 1. The van der Waals surface area contributed by atoms with Crippen LogP contribution in [0.15, 0.2) is 36.4 Å². The summed E-state index contributed by atoms with van der Waals surface area (Å²) >= 11 is 0. The summed E-state index contributed by atoms with van der Waals surface area (Å²) in [6.45, 7) is 5.73. The molecule has 6 nitrogen and oxygen atoms in total. The highest BCUT2D eigenvalue weighted by atomic mass is 35.5. The lowest BCUT2D eigenvalue weighted by Gasteiger charge is -2.51. The molecule has 3 unspecified atom stereocenters. The van der Waals surface area contributed by atoms with E-state index in [9.17, 15) is 14.3 Å². The number of methoxy groups -OCH3 is 3. The number of hydrogen-bond acceptors (Lipinski definition) is 5. The molecule has 0 heterocycles. The van der Waals surface area contributed by atoms with Crippen LogP contribution in [0.1, 0.15) is 49.8 Å². The first-order valence-electron chi connectivity index (χ1n) is 12.8. The van der Waals surface area contributed by atoms with Crippen molar-refractivity contribution >= 4 is 18.4 Å². The van der Waals surface area contributed by atoms with E-state index in [1.807, 2.05) is 12.1 Å². The molecule has 0 aromatic heterocycles. The maximum absolute atomic E-state index is 14.0. The van der Waals surface area contributed by atoms with Crippen molar-refractivity contribution < 1.29 is 28.5 Å². The third kappa shape index (κ3) is 6.57. The predicted molar refractivity (Wildman–Crippen MR) is 146 cm³/mol. The summed E-state index contributed by atoms with van der Waals surface area (Å²) < 4.78 is 30.4. The molecular formula is C29H41ClFNO5. The highest BCUT2D eigenvalue weighted by Gasteiger charge is 2.54. The van der Waals surface area contributed by atoms with E-state index < -0.39 is 17.5 Å². The molecule has 0 bridgehead atoms. The van der Waals surface area contributed by atoms with Gasteiger partial charge in [-0.2, -0.15) is 0 Å². The second-order valence-electron chi connectivity index (χ2n) is 9.91. The van der Waals surface area contributed by atoms with E-state index in [1.54, 1.807) is 26.4 Å². The molecular weight excluding hydrogens is 497 g/mol. The van der Waals surface area contributed by atoms with Gasteiger partial charge in [0.05, 0.1) is 14.2 Å². The lowest BCUT2D eigenvalue weighted by molar-refractivity contribution is -0.158. The molecule has 0 radical (unpaired) electrons. The Morgan fingerprint density at radius 3 is 2.46 bits per heavy atom. The number of nitrogens with one attached hydrogen (secondary N) is 1. The van der Waals surface area contributed by atoms with Crippen molar-refractivity contribution in [2.75, 3.05) is 34.4 Å². The Kier molecular flexibility index (Phi) is 11.7. The molecule has 1 aliphatic rings. The Morgan fingerprint density at radius 2 is 1.84 bits per heavy atom. The van der Waals surface area contributed by atoms with Gasteiger partial charge < -0.3 is 24.6 Å². The van der Waals surface area contributed by atoms with E-state index in [4.69, 9.17) is 14.2 Å². The highest BCUT2D eigenvalue weighted by Crippen LogP contribution is 2.51. The van der Waals surface area contributed by atoms with Crippen LogP contribution in [0.25, 0.3) is 0 Å². The van der Waals surface area contributed by atoms with Crippen LogP contribution in [0.3, 0.4) is 0 Å². The summed E-state index contributed by atoms with van der Waals surface area (Å²) in [4.78, 5) is 12.4. The molecule has 2 aromatic carbocycles. The van der Waals surface area contributed by atoms with Gasteiger partial charge in [0, 0.05) is 12.5 Å². The number of carboxylic acid groups (broad SMARTS) is 1.